The molecule has 0 spiro atoms. The molecule has 30 heavy (non-hydrogen) atoms. The predicted molar refractivity (Wildman–Crippen MR) is 125 cm³/mol. The van der Waals surface area contributed by atoms with E-state index in [9.17, 15) is 4.79 Å². The number of benzene rings is 2. The third-order valence-corrected chi connectivity index (χ3v) is 5.85. The van der Waals surface area contributed by atoms with Crippen molar-refractivity contribution in [2.45, 2.75) is 4.90 Å². The largest absolute Gasteiger partial charge is 0.457 e. The molecule has 2 N–H and O–H groups in total. The minimum absolute atomic E-state index is 0.0384. The number of hydrogen-bond acceptors (Lipinski definition) is 7. The Morgan fingerprint density at radius 3 is 2.67 bits per heavy atom. The minimum Gasteiger partial charge on any atom is -0.457 e. The lowest BCUT2D eigenvalue weighted by Gasteiger charge is -2.31. The fourth-order valence-corrected chi connectivity index (χ4v) is 3.98. The molecule has 7 nitrogen and oxygen atoms in total. The summed E-state index contributed by atoms with van der Waals surface area (Å²) in [7, 11) is 3.98. The monoisotopic (exact) mass is 427 g/mol. The van der Waals surface area contributed by atoms with Gasteiger partial charge in [0.05, 0.1) is 18.1 Å². The van der Waals surface area contributed by atoms with Crippen molar-refractivity contribution < 1.29 is 9.53 Å². The molecule has 0 saturated carbocycles. The van der Waals surface area contributed by atoms with E-state index in [2.05, 4.69) is 39.2 Å². The number of carbonyl (C=O) groups is 1. The number of anilines is 1. The second-order valence-electron chi connectivity index (χ2n) is 7.14. The van der Waals surface area contributed by atoms with E-state index < -0.39 is 0 Å². The molecule has 0 bridgehead atoms. The van der Waals surface area contributed by atoms with E-state index in [1.807, 2.05) is 49.5 Å². The summed E-state index contributed by atoms with van der Waals surface area (Å²) < 4.78 is 5.98. The van der Waals surface area contributed by atoms with E-state index in [1.165, 1.54) is 11.8 Å². The maximum absolute atomic E-state index is 12.3. The van der Waals surface area contributed by atoms with Gasteiger partial charge in [-0.2, -0.15) is 0 Å². The van der Waals surface area contributed by atoms with Crippen LogP contribution in [0.1, 0.15) is 0 Å². The summed E-state index contributed by atoms with van der Waals surface area (Å²) in [4.78, 5) is 21.7. The Morgan fingerprint density at radius 2 is 1.93 bits per heavy atom. The summed E-state index contributed by atoms with van der Waals surface area (Å²) in [5, 5.41) is 6.08. The molecule has 2 aromatic carbocycles. The topological polar surface area (TPSA) is 69.2 Å². The number of hydrogen-bond donors (Lipinski definition) is 2. The number of carbonyl (C=O) groups excluding carboxylic acids is 1. The summed E-state index contributed by atoms with van der Waals surface area (Å²) in [6.45, 7) is 7.93. The lowest BCUT2D eigenvalue weighted by molar-refractivity contribution is -0.122. The molecule has 0 radical (unpaired) electrons. The molecule has 1 aliphatic heterocycles. The number of ether oxygens (including phenoxy) is 1. The SMILES string of the molecule is C=Nc1ccc(Oc2cccc(NC)c2)cc1SCNC(=O)CN1CCN(C)CC1. The maximum atomic E-state index is 12.3. The van der Waals surface area contributed by atoms with Crippen molar-refractivity contribution in [1.82, 2.24) is 15.1 Å². The van der Waals surface area contributed by atoms with Crippen LogP contribution in [-0.2, 0) is 4.79 Å². The average molecular weight is 428 g/mol. The van der Waals surface area contributed by atoms with Crippen molar-refractivity contribution in [3.63, 3.8) is 0 Å². The van der Waals surface area contributed by atoms with Gasteiger partial charge in [-0.25, -0.2) is 0 Å². The third-order valence-electron chi connectivity index (χ3n) is 4.92. The first-order valence-electron chi connectivity index (χ1n) is 9.94. The Balaban J connectivity index is 1.54. The van der Waals surface area contributed by atoms with E-state index in [4.69, 9.17) is 4.74 Å². The van der Waals surface area contributed by atoms with Gasteiger partial charge in [0, 0.05) is 49.9 Å². The first kappa shape index (κ1) is 22.1. The molecule has 3 rings (SSSR count). The normalized spacial score (nSPS) is 14.9. The highest BCUT2D eigenvalue weighted by molar-refractivity contribution is 7.99. The zero-order chi connectivity index (χ0) is 21.3. The van der Waals surface area contributed by atoms with Crippen molar-refractivity contribution in [2.75, 3.05) is 58.0 Å². The molecule has 8 heteroatoms. The Hall–Kier alpha value is -2.55. The van der Waals surface area contributed by atoms with Gasteiger partial charge in [-0.15, -0.1) is 11.8 Å². The number of thioether (sulfide) groups is 1. The third kappa shape index (κ3) is 6.48. The number of nitrogens with zero attached hydrogens (tertiary/aromatic N) is 3. The van der Waals surface area contributed by atoms with Gasteiger partial charge in [-0.1, -0.05) is 6.07 Å². The lowest BCUT2D eigenvalue weighted by atomic mass is 10.3. The summed E-state index contributed by atoms with van der Waals surface area (Å²) in [6.07, 6.45) is 0. The van der Waals surface area contributed by atoms with Crippen LogP contribution in [0.2, 0.25) is 0 Å². The Kier molecular flexibility index (Phi) is 8.12. The first-order valence-corrected chi connectivity index (χ1v) is 10.9. The van der Waals surface area contributed by atoms with E-state index in [0.29, 0.717) is 18.2 Å². The van der Waals surface area contributed by atoms with Crippen LogP contribution in [0, 0.1) is 0 Å². The molecule has 1 heterocycles. The smallest absolute Gasteiger partial charge is 0.234 e. The summed E-state index contributed by atoms with van der Waals surface area (Å²) in [6, 6.07) is 13.4. The molecule has 2 aromatic rings. The molecule has 0 unspecified atom stereocenters. The van der Waals surface area contributed by atoms with Crippen LogP contribution < -0.4 is 15.4 Å². The fraction of sp³-hybridized carbons (Fsp3) is 0.364. The van der Waals surface area contributed by atoms with Gasteiger partial charge < -0.3 is 20.3 Å². The van der Waals surface area contributed by atoms with Gasteiger partial charge in [-0.3, -0.25) is 14.7 Å². The molecule has 0 aromatic heterocycles. The van der Waals surface area contributed by atoms with E-state index in [0.717, 1.165) is 48.2 Å². The molecule has 1 aliphatic rings. The number of likely N-dealkylation sites (N-methyl/N-ethyl adjacent to an activating group) is 1. The zero-order valence-electron chi connectivity index (χ0n) is 17.6. The minimum atomic E-state index is 0.0384. The molecule has 1 amide bonds. The highest BCUT2D eigenvalue weighted by Crippen LogP contribution is 2.34. The number of aliphatic imine (C=N–C) groups is 1. The van der Waals surface area contributed by atoms with Crippen LogP contribution in [0.3, 0.4) is 0 Å². The van der Waals surface area contributed by atoms with Crippen molar-refractivity contribution >= 4 is 35.8 Å². The van der Waals surface area contributed by atoms with Crippen molar-refractivity contribution in [1.29, 1.82) is 0 Å². The highest BCUT2D eigenvalue weighted by atomic mass is 32.2. The fourth-order valence-electron chi connectivity index (χ4n) is 3.11. The van der Waals surface area contributed by atoms with Crippen molar-refractivity contribution in [3.05, 3.63) is 42.5 Å². The van der Waals surface area contributed by atoms with Crippen LogP contribution >= 0.6 is 11.8 Å². The number of piperazine rings is 1. The average Bonchev–Trinajstić information content (AvgIpc) is 2.76. The summed E-state index contributed by atoms with van der Waals surface area (Å²) in [5.41, 5.74) is 1.75. The molecule has 1 fully saturated rings. The van der Waals surface area contributed by atoms with Gasteiger partial charge in [0.1, 0.15) is 11.5 Å². The van der Waals surface area contributed by atoms with Crippen LogP contribution in [0.25, 0.3) is 0 Å². The van der Waals surface area contributed by atoms with Gasteiger partial charge in [0.2, 0.25) is 5.91 Å². The first-order chi connectivity index (χ1) is 14.6. The van der Waals surface area contributed by atoms with Crippen molar-refractivity contribution in [2.24, 2.45) is 4.99 Å². The van der Waals surface area contributed by atoms with Gasteiger partial charge >= 0.3 is 0 Å². The van der Waals surface area contributed by atoms with Crippen molar-refractivity contribution in [3.8, 4) is 11.5 Å². The standard InChI is InChI=1S/C22H29N5O2S/c1-23-17-5-4-6-18(13-17)29-19-7-8-20(24-2)21(14-19)30-16-25-22(28)15-27-11-9-26(3)10-12-27/h4-8,13-14,23H,2,9-12,15-16H2,1,3H3,(H,25,28). The number of amides is 1. The number of nitrogens with one attached hydrogen (secondary N) is 2. The number of rotatable bonds is 9. The van der Waals surface area contributed by atoms with Crippen LogP contribution in [-0.4, -0.2) is 75.1 Å². The van der Waals surface area contributed by atoms with E-state index in [1.54, 1.807) is 0 Å². The summed E-state index contributed by atoms with van der Waals surface area (Å²) in [5.74, 6) is 1.96. The Morgan fingerprint density at radius 1 is 1.17 bits per heavy atom. The second-order valence-corrected chi connectivity index (χ2v) is 8.15. The molecule has 0 aliphatic carbocycles. The van der Waals surface area contributed by atoms with Gasteiger partial charge in [-0.05, 0) is 44.1 Å². The summed E-state index contributed by atoms with van der Waals surface area (Å²) >= 11 is 1.51. The maximum Gasteiger partial charge on any atom is 0.234 e. The van der Waals surface area contributed by atoms with Crippen LogP contribution in [0.4, 0.5) is 11.4 Å². The van der Waals surface area contributed by atoms with Gasteiger partial charge in [0.25, 0.3) is 0 Å². The Labute approximate surface area is 182 Å². The zero-order valence-corrected chi connectivity index (χ0v) is 18.4. The predicted octanol–water partition coefficient (Wildman–Crippen LogP) is 3.27. The quantitative estimate of drug-likeness (QED) is 0.364. The molecular formula is C22H29N5O2S. The van der Waals surface area contributed by atoms with E-state index >= 15 is 0 Å². The molecular weight excluding hydrogens is 398 g/mol. The highest BCUT2D eigenvalue weighted by Gasteiger charge is 2.16. The van der Waals surface area contributed by atoms with Crippen LogP contribution in [0.15, 0.2) is 52.4 Å². The van der Waals surface area contributed by atoms with Crippen LogP contribution in [0.5, 0.6) is 11.5 Å². The molecule has 0 atom stereocenters. The van der Waals surface area contributed by atoms with Gasteiger partial charge in [0.15, 0.2) is 0 Å². The second kappa shape index (κ2) is 11.0. The Bertz CT molecular complexity index is 868. The van der Waals surface area contributed by atoms with E-state index in [-0.39, 0.29) is 5.91 Å². The molecule has 1 saturated heterocycles. The lowest BCUT2D eigenvalue weighted by Crippen LogP contribution is -2.48. The molecule has 160 valence electrons.